The lowest BCUT2D eigenvalue weighted by atomic mass is 10.1. The van der Waals surface area contributed by atoms with Gasteiger partial charge in [0.1, 0.15) is 24.0 Å². The first-order valence-corrected chi connectivity index (χ1v) is 7.56. The number of rotatable bonds is 4. The average Bonchev–Trinajstić information content (AvgIpc) is 2.87. The van der Waals surface area contributed by atoms with Crippen molar-refractivity contribution >= 4 is 11.6 Å². The van der Waals surface area contributed by atoms with E-state index in [0.29, 0.717) is 5.02 Å². The Labute approximate surface area is 129 Å². The standard InChI is InChI=1S/C15H19ClN4O/c1-19-11-17-18-15(19)10-20-8-4-5-12(9-20)21-14-7-3-2-6-13(14)16/h2-3,6-7,11-12H,4-5,8-10H2,1H3/t12-/m0/s1. The van der Waals surface area contributed by atoms with E-state index in [-0.39, 0.29) is 6.10 Å². The number of hydrogen-bond donors (Lipinski definition) is 0. The minimum absolute atomic E-state index is 0.173. The number of nitrogens with zero attached hydrogens (tertiary/aromatic N) is 4. The van der Waals surface area contributed by atoms with Crippen molar-refractivity contribution in [3.63, 3.8) is 0 Å². The number of benzene rings is 1. The molecule has 0 spiro atoms. The molecule has 0 radical (unpaired) electrons. The van der Waals surface area contributed by atoms with Gasteiger partial charge < -0.3 is 9.30 Å². The molecule has 0 unspecified atom stereocenters. The molecule has 0 saturated carbocycles. The summed E-state index contributed by atoms with van der Waals surface area (Å²) in [5.74, 6) is 1.75. The van der Waals surface area contributed by atoms with Crippen LogP contribution in [0.1, 0.15) is 18.7 Å². The predicted octanol–water partition coefficient (Wildman–Crippen LogP) is 2.51. The summed E-state index contributed by atoms with van der Waals surface area (Å²) in [5.41, 5.74) is 0. The molecule has 1 aromatic carbocycles. The van der Waals surface area contributed by atoms with Gasteiger partial charge in [0.05, 0.1) is 11.6 Å². The molecule has 2 aromatic rings. The van der Waals surface area contributed by atoms with Crippen molar-refractivity contribution < 1.29 is 4.74 Å². The van der Waals surface area contributed by atoms with E-state index in [9.17, 15) is 0 Å². The summed E-state index contributed by atoms with van der Waals surface area (Å²) in [6.45, 7) is 2.76. The van der Waals surface area contributed by atoms with Gasteiger partial charge in [0.15, 0.2) is 0 Å². The van der Waals surface area contributed by atoms with Crippen LogP contribution in [0.5, 0.6) is 5.75 Å². The Morgan fingerprint density at radius 1 is 1.38 bits per heavy atom. The van der Waals surface area contributed by atoms with Crippen LogP contribution in [-0.2, 0) is 13.6 Å². The zero-order valence-corrected chi connectivity index (χ0v) is 12.8. The number of halogens is 1. The van der Waals surface area contributed by atoms with Crippen molar-refractivity contribution in [2.45, 2.75) is 25.5 Å². The number of hydrogen-bond acceptors (Lipinski definition) is 4. The third-order valence-corrected chi connectivity index (χ3v) is 4.07. The molecule has 1 aromatic heterocycles. The van der Waals surface area contributed by atoms with Crippen LogP contribution < -0.4 is 4.74 Å². The number of para-hydroxylation sites is 1. The average molecular weight is 307 g/mol. The maximum Gasteiger partial charge on any atom is 0.146 e. The third kappa shape index (κ3) is 3.54. The van der Waals surface area contributed by atoms with Gasteiger partial charge in [-0.05, 0) is 31.5 Å². The van der Waals surface area contributed by atoms with Crippen LogP contribution in [0.25, 0.3) is 0 Å². The van der Waals surface area contributed by atoms with Crippen LogP contribution in [0, 0.1) is 0 Å². The molecule has 0 bridgehead atoms. The maximum absolute atomic E-state index is 6.16. The number of aryl methyl sites for hydroxylation is 1. The van der Waals surface area contributed by atoms with E-state index in [2.05, 4.69) is 15.1 Å². The number of likely N-dealkylation sites (tertiary alicyclic amines) is 1. The minimum Gasteiger partial charge on any atom is -0.488 e. The lowest BCUT2D eigenvalue weighted by Gasteiger charge is -2.32. The molecule has 1 saturated heterocycles. The van der Waals surface area contributed by atoms with E-state index >= 15 is 0 Å². The topological polar surface area (TPSA) is 43.2 Å². The molecule has 0 N–H and O–H groups in total. The normalized spacial score (nSPS) is 19.6. The molecular formula is C15H19ClN4O. The van der Waals surface area contributed by atoms with Crippen molar-refractivity contribution in [3.05, 3.63) is 41.4 Å². The molecule has 1 aliphatic rings. The fourth-order valence-corrected chi connectivity index (χ4v) is 2.80. The SMILES string of the molecule is Cn1cnnc1CN1CCC[C@H](Oc2ccccc2Cl)C1. The third-order valence-electron chi connectivity index (χ3n) is 3.76. The van der Waals surface area contributed by atoms with Crippen LogP contribution in [0.2, 0.25) is 5.02 Å². The van der Waals surface area contributed by atoms with Gasteiger partial charge in [-0.1, -0.05) is 23.7 Å². The first kappa shape index (κ1) is 14.4. The van der Waals surface area contributed by atoms with E-state index in [4.69, 9.17) is 16.3 Å². The van der Waals surface area contributed by atoms with Crippen LogP contribution in [-0.4, -0.2) is 38.9 Å². The molecule has 1 fully saturated rings. The minimum atomic E-state index is 0.173. The summed E-state index contributed by atoms with van der Waals surface area (Å²) in [7, 11) is 1.97. The summed E-state index contributed by atoms with van der Waals surface area (Å²) in [6, 6.07) is 7.64. The van der Waals surface area contributed by atoms with Gasteiger partial charge in [-0.15, -0.1) is 10.2 Å². The second-order valence-corrected chi connectivity index (χ2v) is 5.81. The number of aromatic nitrogens is 3. The highest BCUT2D eigenvalue weighted by atomic mass is 35.5. The van der Waals surface area contributed by atoms with Gasteiger partial charge in [0, 0.05) is 13.6 Å². The van der Waals surface area contributed by atoms with E-state index in [1.54, 1.807) is 6.33 Å². The van der Waals surface area contributed by atoms with Crippen LogP contribution in [0.3, 0.4) is 0 Å². The van der Waals surface area contributed by atoms with Gasteiger partial charge in [0.25, 0.3) is 0 Å². The highest BCUT2D eigenvalue weighted by Crippen LogP contribution is 2.26. The summed E-state index contributed by atoms with van der Waals surface area (Å²) in [5, 5.41) is 8.73. The Morgan fingerprint density at radius 2 is 2.24 bits per heavy atom. The number of ether oxygens (including phenoxy) is 1. The van der Waals surface area contributed by atoms with Gasteiger partial charge in [0.2, 0.25) is 0 Å². The zero-order valence-electron chi connectivity index (χ0n) is 12.1. The summed E-state index contributed by atoms with van der Waals surface area (Å²) < 4.78 is 8.01. The highest BCUT2D eigenvalue weighted by Gasteiger charge is 2.23. The Bertz CT molecular complexity index is 601. The number of piperidine rings is 1. The first-order valence-electron chi connectivity index (χ1n) is 7.19. The molecule has 0 aliphatic carbocycles. The smallest absolute Gasteiger partial charge is 0.146 e. The van der Waals surface area contributed by atoms with E-state index < -0.39 is 0 Å². The van der Waals surface area contributed by atoms with Crippen molar-refractivity contribution in [2.24, 2.45) is 7.05 Å². The fourth-order valence-electron chi connectivity index (χ4n) is 2.62. The van der Waals surface area contributed by atoms with Crippen molar-refractivity contribution in [3.8, 4) is 5.75 Å². The molecule has 3 rings (SSSR count). The Kier molecular flexibility index (Phi) is 4.41. The van der Waals surface area contributed by atoms with Crippen molar-refractivity contribution in [1.29, 1.82) is 0 Å². The Hall–Kier alpha value is -1.59. The van der Waals surface area contributed by atoms with Crippen molar-refractivity contribution in [2.75, 3.05) is 13.1 Å². The van der Waals surface area contributed by atoms with Gasteiger partial charge >= 0.3 is 0 Å². The second-order valence-electron chi connectivity index (χ2n) is 5.41. The molecule has 1 atom stereocenters. The summed E-state index contributed by atoms with van der Waals surface area (Å²) in [4.78, 5) is 2.36. The predicted molar refractivity (Wildman–Crippen MR) is 81.4 cm³/mol. The van der Waals surface area contributed by atoms with Gasteiger partial charge in [-0.3, -0.25) is 4.90 Å². The molecule has 5 nitrogen and oxygen atoms in total. The summed E-state index contributed by atoms with van der Waals surface area (Å²) in [6.07, 6.45) is 4.08. The Morgan fingerprint density at radius 3 is 3.00 bits per heavy atom. The monoisotopic (exact) mass is 306 g/mol. The second kappa shape index (κ2) is 6.45. The fraction of sp³-hybridized carbons (Fsp3) is 0.467. The highest BCUT2D eigenvalue weighted by molar-refractivity contribution is 6.32. The van der Waals surface area contributed by atoms with Gasteiger partial charge in [-0.2, -0.15) is 0 Å². The van der Waals surface area contributed by atoms with Crippen LogP contribution in [0.4, 0.5) is 0 Å². The quantitative estimate of drug-likeness (QED) is 0.870. The molecule has 1 aliphatic heterocycles. The molecule has 21 heavy (non-hydrogen) atoms. The maximum atomic E-state index is 6.16. The molecule has 2 heterocycles. The molecule has 112 valence electrons. The first-order chi connectivity index (χ1) is 10.2. The molecule has 0 amide bonds. The van der Waals surface area contributed by atoms with E-state index in [1.807, 2.05) is 35.9 Å². The van der Waals surface area contributed by atoms with E-state index in [1.165, 1.54) is 0 Å². The zero-order chi connectivity index (χ0) is 14.7. The molecular weight excluding hydrogens is 288 g/mol. The molecule has 6 heteroatoms. The Balaban J connectivity index is 1.61. The van der Waals surface area contributed by atoms with E-state index in [0.717, 1.165) is 44.0 Å². The van der Waals surface area contributed by atoms with Crippen LogP contribution in [0.15, 0.2) is 30.6 Å². The van der Waals surface area contributed by atoms with Crippen molar-refractivity contribution in [1.82, 2.24) is 19.7 Å². The lowest BCUT2D eigenvalue weighted by molar-refractivity contribution is 0.0823. The largest absolute Gasteiger partial charge is 0.488 e. The van der Waals surface area contributed by atoms with Crippen LogP contribution >= 0.6 is 11.6 Å². The van der Waals surface area contributed by atoms with Gasteiger partial charge in [-0.25, -0.2) is 0 Å². The summed E-state index contributed by atoms with van der Waals surface area (Å²) >= 11 is 6.16. The lowest BCUT2D eigenvalue weighted by Crippen LogP contribution is -2.41.